The van der Waals surface area contributed by atoms with Crippen molar-refractivity contribution in [3.63, 3.8) is 0 Å². The number of fused-ring (bicyclic) bond motifs is 1. The predicted molar refractivity (Wildman–Crippen MR) is 107 cm³/mol. The van der Waals surface area contributed by atoms with E-state index in [2.05, 4.69) is 0 Å². The highest BCUT2D eigenvalue weighted by molar-refractivity contribution is 5.94. The number of esters is 2. The molecule has 0 bridgehead atoms. The number of ether oxygens (including phenoxy) is 2. The molecular formula is C24H12F4O4. The van der Waals surface area contributed by atoms with Crippen molar-refractivity contribution in [2.45, 2.75) is 0 Å². The number of hydrogen-bond donors (Lipinski definition) is 0. The zero-order valence-electron chi connectivity index (χ0n) is 16.1. The molecule has 0 amide bonds. The molecule has 0 saturated heterocycles. The summed E-state index contributed by atoms with van der Waals surface area (Å²) in [5, 5.41) is 1.15. The Bertz CT molecular complexity index is 1260. The summed E-state index contributed by atoms with van der Waals surface area (Å²) in [7, 11) is 0. The normalized spacial score (nSPS) is 10.8. The maximum atomic E-state index is 13.8. The van der Waals surface area contributed by atoms with Crippen molar-refractivity contribution in [2.75, 3.05) is 0 Å². The number of carbonyl (C=O) groups is 2. The zero-order valence-corrected chi connectivity index (χ0v) is 16.1. The van der Waals surface area contributed by atoms with E-state index in [0.29, 0.717) is 10.8 Å². The maximum Gasteiger partial charge on any atom is 0.346 e. The van der Waals surface area contributed by atoms with Crippen molar-refractivity contribution in [2.24, 2.45) is 0 Å². The molecule has 8 heteroatoms. The molecule has 0 aliphatic carbocycles. The van der Waals surface area contributed by atoms with E-state index in [1.807, 2.05) is 0 Å². The molecule has 4 aromatic rings. The Hall–Kier alpha value is -4.20. The predicted octanol–water partition coefficient (Wildman–Crippen LogP) is 5.83. The average molecular weight is 440 g/mol. The summed E-state index contributed by atoms with van der Waals surface area (Å²) in [5.74, 6) is -6.92. The van der Waals surface area contributed by atoms with Gasteiger partial charge in [-0.2, -0.15) is 0 Å². The van der Waals surface area contributed by atoms with Crippen molar-refractivity contribution >= 4 is 22.7 Å². The van der Waals surface area contributed by atoms with Crippen LogP contribution in [0.15, 0.2) is 72.8 Å². The van der Waals surface area contributed by atoms with E-state index in [0.717, 1.165) is 24.3 Å². The fraction of sp³-hybridized carbons (Fsp3) is 0. The van der Waals surface area contributed by atoms with Crippen molar-refractivity contribution in [1.29, 1.82) is 0 Å². The van der Waals surface area contributed by atoms with Crippen LogP contribution in [0.5, 0.6) is 11.5 Å². The molecule has 32 heavy (non-hydrogen) atoms. The second kappa shape index (κ2) is 8.50. The van der Waals surface area contributed by atoms with Crippen molar-refractivity contribution in [3.8, 4) is 11.5 Å². The summed E-state index contributed by atoms with van der Waals surface area (Å²) in [5.41, 5.74) is -1.09. The van der Waals surface area contributed by atoms with Crippen LogP contribution in [0.1, 0.15) is 20.7 Å². The molecule has 0 saturated carbocycles. The van der Waals surface area contributed by atoms with Crippen molar-refractivity contribution in [1.82, 2.24) is 0 Å². The first kappa shape index (κ1) is 21.0. The topological polar surface area (TPSA) is 52.6 Å². The van der Waals surface area contributed by atoms with Crippen LogP contribution in [0.4, 0.5) is 17.6 Å². The minimum atomic E-state index is -1.31. The first-order valence-electron chi connectivity index (χ1n) is 9.19. The minimum absolute atomic E-state index is 0.0812. The molecule has 0 radical (unpaired) electrons. The first-order valence-corrected chi connectivity index (χ1v) is 9.19. The fourth-order valence-corrected chi connectivity index (χ4v) is 2.98. The lowest BCUT2D eigenvalue weighted by atomic mass is 10.1. The summed E-state index contributed by atoms with van der Waals surface area (Å²) >= 11 is 0. The highest BCUT2D eigenvalue weighted by atomic mass is 19.2. The third kappa shape index (κ3) is 4.15. The second-order valence-corrected chi connectivity index (χ2v) is 6.65. The number of carbonyl (C=O) groups excluding carboxylic acids is 2. The van der Waals surface area contributed by atoms with Crippen LogP contribution in [0.3, 0.4) is 0 Å². The third-order valence-electron chi connectivity index (χ3n) is 4.55. The first-order chi connectivity index (χ1) is 15.3. The van der Waals surface area contributed by atoms with Gasteiger partial charge in [0.05, 0.1) is 11.1 Å². The van der Waals surface area contributed by atoms with Crippen molar-refractivity contribution in [3.05, 3.63) is 107 Å². The van der Waals surface area contributed by atoms with E-state index in [9.17, 15) is 27.2 Å². The number of halogens is 4. The third-order valence-corrected chi connectivity index (χ3v) is 4.55. The molecular weight excluding hydrogens is 428 g/mol. The van der Waals surface area contributed by atoms with Crippen LogP contribution >= 0.6 is 0 Å². The number of rotatable bonds is 4. The van der Waals surface area contributed by atoms with Gasteiger partial charge >= 0.3 is 11.9 Å². The maximum absolute atomic E-state index is 13.8. The molecule has 0 spiro atoms. The van der Waals surface area contributed by atoms with E-state index in [-0.39, 0.29) is 11.5 Å². The SMILES string of the molecule is O=C(Oc1ccc2cc(OC(=O)c3cccc(F)c3F)ccc2c1)c1cccc(F)c1F. The van der Waals surface area contributed by atoms with E-state index in [4.69, 9.17) is 9.47 Å². The fourth-order valence-electron chi connectivity index (χ4n) is 2.98. The summed E-state index contributed by atoms with van der Waals surface area (Å²) in [6.45, 7) is 0. The van der Waals surface area contributed by atoms with E-state index in [1.165, 1.54) is 36.4 Å². The Morgan fingerprint density at radius 2 is 0.969 bits per heavy atom. The van der Waals surface area contributed by atoms with Gasteiger partial charge < -0.3 is 9.47 Å². The average Bonchev–Trinajstić information content (AvgIpc) is 2.77. The van der Waals surface area contributed by atoms with Gasteiger partial charge in [0.1, 0.15) is 11.5 Å². The molecule has 0 heterocycles. The zero-order chi connectivity index (χ0) is 22.8. The smallest absolute Gasteiger partial charge is 0.346 e. The van der Waals surface area contributed by atoms with Crippen LogP contribution in [0.2, 0.25) is 0 Å². The molecule has 0 fully saturated rings. The lowest BCUT2D eigenvalue weighted by Gasteiger charge is -2.09. The van der Waals surface area contributed by atoms with Crippen LogP contribution in [0, 0.1) is 23.3 Å². The molecule has 0 unspecified atom stereocenters. The molecule has 0 N–H and O–H groups in total. The van der Waals surface area contributed by atoms with Crippen LogP contribution in [0.25, 0.3) is 10.8 Å². The molecule has 4 aromatic carbocycles. The molecule has 0 aromatic heterocycles. The minimum Gasteiger partial charge on any atom is -0.423 e. The lowest BCUT2D eigenvalue weighted by molar-refractivity contribution is 0.0718. The molecule has 4 nitrogen and oxygen atoms in total. The summed E-state index contributed by atoms with van der Waals surface area (Å²) < 4.78 is 64.4. The number of benzene rings is 4. The number of hydrogen-bond acceptors (Lipinski definition) is 4. The van der Waals surface area contributed by atoms with E-state index < -0.39 is 46.3 Å². The van der Waals surface area contributed by atoms with E-state index >= 15 is 0 Å². The Kier molecular flexibility index (Phi) is 5.59. The molecule has 160 valence electrons. The second-order valence-electron chi connectivity index (χ2n) is 6.65. The molecule has 0 aliphatic heterocycles. The van der Waals surface area contributed by atoms with Crippen LogP contribution < -0.4 is 9.47 Å². The summed E-state index contributed by atoms with van der Waals surface area (Å²) in [6, 6.07) is 15.2. The van der Waals surface area contributed by atoms with Gasteiger partial charge in [0.15, 0.2) is 23.3 Å². The van der Waals surface area contributed by atoms with Crippen LogP contribution in [-0.4, -0.2) is 11.9 Å². The van der Waals surface area contributed by atoms with Crippen LogP contribution in [-0.2, 0) is 0 Å². The standard InChI is InChI=1S/C24H12F4O4/c25-19-5-1-3-17(21(19)27)23(29)31-15-9-7-14-12-16(10-8-13(14)11-15)32-24(30)18-4-2-6-20(26)22(18)28/h1-12H. The molecule has 0 atom stereocenters. The van der Waals surface area contributed by atoms with Gasteiger partial charge in [-0.15, -0.1) is 0 Å². The summed E-state index contributed by atoms with van der Waals surface area (Å²) in [4.78, 5) is 24.3. The molecule has 0 aliphatic rings. The molecule has 4 rings (SSSR count). The Balaban J connectivity index is 1.53. The Morgan fingerprint density at radius 1 is 0.562 bits per heavy atom. The van der Waals surface area contributed by atoms with Gasteiger partial charge in [-0.05, 0) is 59.3 Å². The van der Waals surface area contributed by atoms with Gasteiger partial charge in [-0.1, -0.05) is 24.3 Å². The highest BCUT2D eigenvalue weighted by Gasteiger charge is 2.19. The quantitative estimate of drug-likeness (QED) is 0.228. The Labute approximate surface area is 178 Å². The largest absolute Gasteiger partial charge is 0.423 e. The van der Waals surface area contributed by atoms with Gasteiger partial charge in [0, 0.05) is 0 Å². The van der Waals surface area contributed by atoms with Crippen molar-refractivity contribution < 1.29 is 36.6 Å². The van der Waals surface area contributed by atoms with E-state index in [1.54, 1.807) is 12.1 Å². The monoisotopic (exact) mass is 440 g/mol. The Morgan fingerprint density at radius 3 is 1.38 bits per heavy atom. The summed E-state index contributed by atoms with van der Waals surface area (Å²) in [6.07, 6.45) is 0. The van der Waals surface area contributed by atoms with Gasteiger partial charge in [-0.3, -0.25) is 0 Å². The van der Waals surface area contributed by atoms with Gasteiger partial charge in [0.25, 0.3) is 0 Å². The van der Waals surface area contributed by atoms with Gasteiger partial charge in [-0.25, -0.2) is 27.2 Å². The van der Waals surface area contributed by atoms with Gasteiger partial charge in [0.2, 0.25) is 0 Å². The highest BCUT2D eigenvalue weighted by Crippen LogP contribution is 2.27. The lowest BCUT2D eigenvalue weighted by Crippen LogP contribution is -2.12.